The maximum atomic E-state index is 13.6. The van der Waals surface area contributed by atoms with E-state index in [1.165, 1.54) is 12.4 Å². The molecule has 1 unspecified atom stereocenters. The van der Waals surface area contributed by atoms with Crippen molar-refractivity contribution < 1.29 is 18.3 Å². The molecular formula is C21H17FIN9O3. The number of hydrogen-bond donors (Lipinski definition) is 1. The van der Waals surface area contributed by atoms with Crippen LogP contribution in [0.3, 0.4) is 0 Å². The van der Waals surface area contributed by atoms with E-state index in [4.69, 9.17) is 14.3 Å². The maximum Gasteiger partial charge on any atom is 0.312 e. The fourth-order valence-electron chi connectivity index (χ4n) is 4.21. The maximum absolute atomic E-state index is 13.6. The van der Waals surface area contributed by atoms with Gasteiger partial charge >= 0.3 is 11.8 Å². The Kier molecular flexibility index (Phi) is 5.23. The average Bonchev–Trinajstić information content (AvgIpc) is 3.67. The van der Waals surface area contributed by atoms with Gasteiger partial charge in [0, 0.05) is 31.1 Å². The predicted molar refractivity (Wildman–Crippen MR) is 127 cm³/mol. The summed E-state index contributed by atoms with van der Waals surface area (Å²) in [6.07, 6.45) is 6.83. The molecule has 5 aromatic heterocycles. The number of fused-ring (bicyclic) bond motifs is 2. The first-order valence-corrected chi connectivity index (χ1v) is 11.8. The Morgan fingerprint density at radius 1 is 1.40 bits per heavy atom. The van der Waals surface area contributed by atoms with Gasteiger partial charge in [-0.2, -0.15) is 10.2 Å². The van der Waals surface area contributed by atoms with Crippen LogP contribution in [0.15, 0.2) is 47.5 Å². The third-order valence-corrected chi connectivity index (χ3v) is 6.39. The van der Waals surface area contributed by atoms with Gasteiger partial charge in [0.05, 0.1) is 36.6 Å². The highest BCUT2D eigenvalue weighted by atomic mass is 127. The van der Waals surface area contributed by atoms with E-state index >= 15 is 0 Å². The molecule has 0 saturated carbocycles. The van der Waals surface area contributed by atoms with Gasteiger partial charge in [-0.15, -0.1) is 10.2 Å². The number of amides is 1. The number of carbonyl (C=O) groups excluding carboxylic acids is 1. The van der Waals surface area contributed by atoms with E-state index in [2.05, 4.69) is 25.3 Å². The lowest BCUT2D eigenvalue weighted by molar-refractivity contribution is 0.0646. The lowest BCUT2D eigenvalue weighted by Crippen LogP contribution is -2.41. The molecule has 12 nitrogen and oxygen atoms in total. The summed E-state index contributed by atoms with van der Waals surface area (Å²) in [6.45, 7) is 0.387. The Morgan fingerprint density at radius 2 is 2.29 bits per heavy atom. The van der Waals surface area contributed by atoms with Gasteiger partial charge in [0.25, 0.3) is 5.89 Å². The molecule has 0 fully saturated rings. The number of halogens is 2. The van der Waals surface area contributed by atoms with E-state index in [0.717, 1.165) is 15.9 Å². The van der Waals surface area contributed by atoms with Crippen LogP contribution in [0.4, 0.5) is 4.39 Å². The first kappa shape index (κ1) is 21.7. The summed E-state index contributed by atoms with van der Waals surface area (Å²) in [6, 6.07) is 4.97. The highest BCUT2D eigenvalue weighted by Crippen LogP contribution is 2.35. The van der Waals surface area contributed by atoms with Gasteiger partial charge in [0.2, 0.25) is 4.30 Å². The quantitative estimate of drug-likeness (QED) is 0.245. The lowest BCUT2D eigenvalue weighted by atomic mass is 9.99. The van der Waals surface area contributed by atoms with Gasteiger partial charge in [0.1, 0.15) is 17.3 Å². The van der Waals surface area contributed by atoms with Crippen LogP contribution >= 0.6 is 22.6 Å². The molecule has 35 heavy (non-hydrogen) atoms. The monoisotopic (exact) mass is 589 g/mol. The van der Waals surface area contributed by atoms with E-state index in [9.17, 15) is 9.18 Å². The van der Waals surface area contributed by atoms with E-state index < -0.39 is 16.3 Å². The fourth-order valence-corrected chi connectivity index (χ4v) is 4.52. The molecule has 178 valence electrons. The second kappa shape index (κ2) is 8.44. The number of carbonyl (C=O) groups is 1. The van der Waals surface area contributed by atoms with Gasteiger partial charge in [-0.3, -0.25) is 4.79 Å². The second-order valence-electron chi connectivity index (χ2n) is 7.79. The topological polar surface area (TPSA) is 132 Å². The molecule has 0 aromatic carbocycles. The van der Waals surface area contributed by atoms with Crippen molar-refractivity contribution in [3.8, 4) is 17.2 Å². The zero-order valence-corrected chi connectivity index (χ0v) is 20.3. The number of hydrogen-bond acceptors (Lipinski definition) is 8. The minimum atomic E-state index is -1.34. The van der Waals surface area contributed by atoms with Gasteiger partial charge < -0.3 is 19.0 Å². The molecule has 0 saturated heterocycles. The molecule has 5 aromatic rings. The standard InChI is InChI=1S/C21H17FIN9O3/c1-34-15-3-2-5-31-14(15)7-13(29-31)17-16-12(24-10-25-16)4-6-30(17)20(33)19-28-27-18(35-19)11-8-26-32(9-11)21(22)23/h2-3,5,7-10,17,21H,4,6H2,1H3,(H,24,25)/t17-,21?/m0/s1. The Bertz CT molecular complexity index is 1540. The van der Waals surface area contributed by atoms with Crippen molar-refractivity contribution in [3.05, 3.63) is 66.1 Å². The number of aromatic amines is 1. The Labute approximate surface area is 210 Å². The van der Waals surface area contributed by atoms with Crippen LogP contribution in [-0.2, 0) is 6.42 Å². The van der Waals surface area contributed by atoms with Gasteiger partial charge in [-0.05, 0) is 40.8 Å². The van der Waals surface area contributed by atoms with E-state index in [-0.39, 0.29) is 11.8 Å². The summed E-state index contributed by atoms with van der Waals surface area (Å²) in [4.78, 5) is 22.8. The van der Waals surface area contributed by atoms with Crippen molar-refractivity contribution >= 4 is 34.0 Å². The largest absolute Gasteiger partial charge is 0.494 e. The van der Waals surface area contributed by atoms with Gasteiger partial charge in [-0.25, -0.2) is 18.6 Å². The molecule has 1 amide bonds. The minimum absolute atomic E-state index is 0.0723. The molecule has 0 aliphatic carbocycles. The molecule has 14 heteroatoms. The first-order valence-electron chi connectivity index (χ1n) is 10.5. The number of nitrogens with zero attached hydrogens (tertiary/aromatic N) is 8. The minimum Gasteiger partial charge on any atom is -0.494 e. The molecule has 0 radical (unpaired) electrons. The van der Waals surface area contributed by atoms with Gasteiger partial charge in [0.15, 0.2) is 0 Å². The summed E-state index contributed by atoms with van der Waals surface area (Å²) in [5.41, 5.74) is 3.42. The molecule has 0 bridgehead atoms. The highest BCUT2D eigenvalue weighted by Gasteiger charge is 2.38. The first-order chi connectivity index (χ1) is 17.0. The van der Waals surface area contributed by atoms with Crippen molar-refractivity contribution in [2.24, 2.45) is 0 Å². The third-order valence-electron chi connectivity index (χ3n) is 5.82. The molecular weight excluding hydrogens is 572 g/mol. The average molecular weight is 589 g/mol. The van der Waals surface area contributed by atoms with Crippen molar-refractivity contribution in [2.45, 2.75) is 16.8 Å². The van der Waals surface area contributed by atoms with E-state index in [0.29, 0.717) is 35.7 Å². The number of aromatic nitrogens is 8. The number of imidazole rings is 1. The molecule has 1 N–H and O–H groups in total. The predicted octanol–water partition coefficient (Wildman–Crippen LogP) is 2.96. The third kappa shape index (κ3) is 3.64. The van der Waals surface area contributed by atoms with Crippen LogP contribution in [0.5, 0.6) is 5.75 Å². The Hall–Kier alpha value is -3.82. The van der Waals surface area contributed by atoms with Crippen LogP contribution in [0, 0.1) is 0 Å². The van der Waals surface area contributed by atoms with Crippen molar-refractivity contribution in [1.82, 2.24) is 44.5 Å². The van der Waals surface area contributed by atoms with Crippen LogP contribution in [0.25, 0.3) is 17.0 Å². The molecule has 1 aliphatic rings. The van der Waals surface area contributed by atoms with Crippen LogP contribution < -0.4 is 4.74 Å². The van der Waals surface area contributed by atoms with Gasteiger partial charge in [-0.1, -0.05) is 0 Å². The van der Waals surface area contributed by atoms with E-state index in [1.807, 2.05) is 24.4 Å². The zero-order chi connectivity index (χ0) is 24.1. The molecule has 1 aliphatic heterocycles. The molecule has 2 atom stereocenters. The number of alkyl halides is 2. The SMILES string of the molecule is COc1cccn2nc([C@H]3c4nc[nH]c4CCN3C(=O)c3nnc(-c4cnn(C(F)I)c4)o3)cc12. The normalized spacial score (nSPS) is 16.4. The number of pyridine rings is 1. The van der Waals surface area contributed by atoms with Crippen LogP contribution in [-0.4, -0.2) is 64.0 Å². The summed E-state index contributed by atoms with van der Waals surface area (Å²) < 4.78 is 26.1. The Balaban J connectivity index is 1.38. The van der Waals surface area contributed by atoms with E-state index in [1.54, 1.807) is 45.4 Å². The summed E-state index contributed by atoms with van der Waals surface area (Å²) >= 11 is 1.59. The fraction of sp³-hybridized carbons (Fsp3) is 0.238. The van der Waals surface area contributed by atoms with Crippen LogP contribution in [0.1, 0.15) is 38.1 Å². The number of ether oxygens (including phenoxy) is 1. The number of methoxy groups -OCH3 is 1. The van der Waals surface area contributed by atoms with Crippen LogP contribution in [0.2, 0.25) is 0 Å². The zero-order valence-electron chi connectivity index (χ0n) is 18.2. The number of rotatable bonds is 5. The summed E-state index contributed by atoms with van der Waals surface area (Å²) in [5, 5.41) is 16.5. The number of nitrogens with one attached hydrogen (secondary N) is 1. The van der Waals surface area contributed by atoms with Crippen molar-refractivity contribution in [1.29, 1.82) is 0 Å². The number of H-pyrrole nitrogens is 1. The Morgan fingerprint density at radius 3 is 3.09 bits per heavy atom. The lowest BCUT2D eigenvalue weighted by Gasteiger charge is -2.32. The summed E-state index contributed by atoms with van der Waals surface area (Å²) in [7, 11) is 1.59. The van der Waals surface area contributed by atoms with Crippen molar-refractivity contribution in [2.75, 3.05) is 13.7 Å². The van der Waals surface area contributed by atoms with Crippen molar-refractivity contribution in [3.63, 3.8) is 0 Å². The smallest absolute Gasteiger partial charge is 0.312 e. The molecule has 6 heterocycles. The molecule has 0 spiro atoms. The summed E-state index contributed by atoms with van der Waals surface area (Å²) in [5.74, 6) is 0.0786. The second-order valence-corrected chi connectivity index (χ2v) is 8.82. The molecule has 6 rings (SSSR count). The highest BCUT2D eigenvalue weighted by molar-refractivity contribution is 14.1.